The Hall–Kier alpha value is -2.48. The van der Waals surface area contributed by atoms with E-state index in [4.69, 9.17) is 4.74 Å². The molecule has 0 saturated heterocycles. The highest BCUT2D eigenvalue weighted by Gasteiger charge is 2.04. The average molecular weight is 317 g/mol. The molecule has 1 amide bonds. The standard InChI is InChI=1S/C18H23NO4/c1-14(2)7-5-11-19-18(21)23-12-6-9-15-8-4-10-16(13-15)17(20)22-3/h4,8,10,13-14H,5,7,11-12H2,1-3H3,(H,19,21). The van der Waals surface area contributed by atoms with Crippen molar-refractivity contribution >= 4 is 12.1 Å². The predicted octanol–water partition coefficient (Wildman–Crippen LogP) is 2.99. The van der Waals surface area contributed by atoms with Gasteiger partial charge >= 0.3 is 12.1 Å². The van der Waals surface area contributed by atoms with Crippen molar-refractivity contribution in [3.8, 4) is 11.8 Å². The van der Waals surface area contributed by atoms with E-state index >= 15 is 0 Å². The van der Waals surface area contributed by atoms with Gasteiger partial charge in [0.05, 0.1) is 12.7 Å². The number of hydrogen-bond acceptors (Lipinski definition) is 4. The zero-order chi connectivity index (χ0) is 17.1. The lowest BCUT2D eigenvalue weighted by Gasteiger charge is -2.06. The lowest BCUT2D eigenvalue weighted by atomic mass is 10.1. The van der Waals surface area contributed by atoms with E-state index in [9.17, 15) is 9.59 Å². The summed E-state index contributed by atoms with van der Waals surface area (Å²) in [6.45, 7) is 4.89. The molecule has 0 radical (unpaired) electrons. The first-order valence-corrected chi connectivity index (χ1v) is 7.60. The third kappa shape index (κ3) is 7.91. The first-order valence-electron chi connectivity index (χ1n) is 7.60. The first-order chi connectivity index (χ1) is 11.0. The van der Waals surface area contributed by atoms with E-state index in [1.54, 1.807) is 24.3 Å². The summed E-state index contributed by atoms with van der Waals surface area (Å²) in [5.74, 6) is 5.79. The maximum atomic E-state index is 11.4. The number of carbonyl (C=O) groups is 2. The second-order valence-electron chi connectivity index (χ2n) is 5.41. The largest absolute Gasteiger partial charge is 0.465 e. The Morgan fingerprint density at radius 1 is 1.30 bits per heavy atom. The zero-order valence-electron chi connectivity index (χ0n) is 13.8. The molecule has 23 heavy (non-hydrogen) atoms. The van der Waals surface area contributed by atoms with Gasteiger partial charge in [-0.1, -0.05) is 31.8 Å². The lowest BCUT2D eigenvalue weighted by Crippen LogP contribution is -2.25. The maximum absolute atomic E-state index is 11.4. The molecule has 0 unspecified atom stereocenters. The highest BCUT2D eigenvalue weighted by Crippen LogP contribution is 2.05. The number of methoxy groups -OCH3 is 1. The van der Waals surface area contributed by atoms with Gasteiger partial charge in [-0.3, -0.25) is 0 Å². The van der Waals surface area contributed by atoms with E-state index in [-0.39, 0.29) is 6.61 Å². The van der Waals surface area contributed by atoms with E-state index in [1.165, 1.54) is 7.11 Å². The van der Waals surface area contributed by atoms with Crippen LogP contribution in [0.1, 0.15) is 42.6 Å². The van der Waals surface area contributed by atoms with E-state index in [2.05, 4.69) is 35.7 Å². The van der Waals surface area contributed by atoms with E-state index < -0.39 is 12.1 Å². The van der Waals surface area contributed by atoms with Crippen LogP contribution < -0.4 is 5.32 Å². The molecule has 1 aromatic rings. The van der Waals surface area contributed by atoms with Gasteiger partial charge in [-0.05, 0) is 37.0 Å². The van der Waals surface area contributed by atoms with Crippen molar-refractivity contribution < 1.29 is 19.1 Å². The van der Waals surface area contributed by atoms with Gasteiger partial charge in [0.2, 0.25) is 0 Å². The molecule has 1 rings (SSSR count). The van der Waals surface area contributed by atoms with Crippen molar-refractivity contribution in [1.29, 1.82) is 0 Å². The van der Waals surface area contributed by atoms with Gasteiger partial charge in [0, 0.05) is 12.1 Å². The fourth-order valence-electron chi connectivity index (χ4n) is 1.83. The van der Waals surface area contributed by atoms with Gasteiger partial charge < -0.3 is 14.8 Å². The van der Waals surface area contributed by atoms with E-state index in [1.807, 2.05) is 0 Å². The summed E-state index contributed by atoms with van der Waals surface area (Å²) < 4.78 is 9.60. The Morgan fingerprint density at radius 2 is 2.09 bits per heavy atom. The highest BCUT2D eigenvalue weighted by molar-refractivity contribution is 5.89. The molecule has 0 fully saturated rings. The Kier molecular flexibility index (Phi) is 8.30. The summed E-state index contributed by atoms with van der Waals surface area (Å²) in [5.41, 5.74) is 1.09. The number of rotatable bonds is 6. The summed E-state index contributed by atoms with van der Waals surface area (Å²) in [6.07, 6.45) is 1.53. The molecule has 0 spiro atoms. The second-order valence-corrected chi connectivity index (χ2v) is 5.41. The molecule has 0 aliphatic heterocycles. The first kappa shape index (κ1) is 18.6. The van der Waals surface area contributed by atoms with Crippen molar-refractivity contribution in [2.45, 2.75) is 26.7 Å². The van der Waals surface area contributed by atoms with Crippen LogP contribution in [0.3, 0.4) is 0 Å². The Bertz CT molecular complexity index is 584. The number of benzene rings is 1. The van der Waals surface area contributed by atoms with Crippen LogP contribution in [0.25, 0.3) is 0 Å². The molecule has 0 aliphatic rings. The van der Waals surface area contributed by atoms with Gasteiger partial charge in [0.25, 0.3) is 0 Å². The molecule has 0 aliphatic carbocycles. The van der Waals surface area contributed by atoms with E-state index in [0.717, 1.165) is 12.8 Å². The number of alkyl carbamates (subject to hydrolysis) is 1. The monoisotopic (exact) mass is 317 g/mol. The predicted molar refractivity (Wildman–Crippen MR) is 88.1 cm³/mol. The van der Waals surface area contributed by atoms with Crippen molar-refractivity contribution in [2.75, 3.05) is 20.3 Å². The summed E-state index contributed by atoms with van der Waals surface area (Å²) in [7, 11) is 1.33. The van der Waals surface area contributed by atoms with Gasteiger partial charge in [-0.2, -0.15) is 0 Å². The smallest absolute Gasteiger partial charge is 0.408 e. The van der Waals surface area contributed by atoms with Crippen molar-refractivity contribution in [1.82, 2.24) is 5.32 Å². The second kappa shape index (κ2) is 10.3. The number of hydrogen-bond donors (Lipinski definition) is 1. The SMILES string of the molecule is COC(=O)c1cccc(C#CCOC(=O)NCCCC(C)C)c1. The van der Waals surface area contributed by atoms with Gasteiger partial charge in [-0.25, -0.2) is 9.59 Å². The van der Waals surface area contributed by atoms with Crippen LogP contribution >= 0.6 is 0 Å². The molecule has 0 atom stereocenters. The number of nitrogens with one attached hydrogen (secondary N) is 1. The van der Waals surface area contributed by atoms with Gasteiger partial charge in [0.15, 0.2) is 6.61 Å². The lowest BCUT2D eigenvalue weighted by molar-refractivity contribution is 0.0600. The third-order valence-corrected chi connectivity index (χ3v) is 3.02. The molecule has 5 nitrogen and oxygen atoms in total. The quantitative estimate of drug-likeness (QED) is 0.498. The topological polar surface area (TPSA) is 64.6 Å². The fourth-order valence-corrected chi connectivity index (χ4v) is 1.83. The maximum Gasteiger partial charge on any atom is 0.408 e. The molecule has 124 valence electrons. The summed E-state index contributed by atoms with van der Waals surface area (Å²) in [4.78, 5) is 22.8. The molecule has 0 heterocycles. The molecule has 1 N–H and O–H groups in total. The minimum atomic E-state index is -0.466. The number of ether oxygens (including phenoxy) is 2. The molecular formula is C18H23NO4. The fraction of sp³-hybridized carbons (Fsp3) is 0.444. The van der Waals surface area contributed by atoms with Crippen LogP contribution in [-0.4, -0.2) is 32.3 Å². The van der Waals surface area contributed by atoms with Crippen LogP contribution in [-0.2, 0) is 9.47 Å². The number of esters is 1. The van der Waals surface area contributed by atoms with Gasteiger partial charge in [0.1, 0.15) is 0 Å². The minimum Gasteiger partial charge on any atom is -0.465 e. The average Bonchev–Trinajstić information content (AvgIpc) is 2.55. The molecule has 0 saturated carbocycles. The Balaban J connectivity index is 2.35. The molecule has 5 heteroatoms. The number of carbonyl (C=O) groups excluding carboxylic acids is 2. The van der Waals surface area contributed by atoms with Crippen LogP contribution in [0.5, 0.6) is 0 Å². The molecule has 1 aromatic carbocycles. The van der Waals surface area contributed by atoms with Crippen LogP contribution in [0.4, 0.5) is 4.79 Å². The third-order valence-electron chi connectivity index (χ3n) is 3.02. The highest BCUT2D eigenvalue weighted by atomic mass is 16.5. The van der Waals surface area contributed by atoms with Crippen molar-refractivity contribution in [2.24, 2.45) is 5.92 Å². The van der Waals surface area contributed by atoms with E-state index in [0.29, 0.717) is 23.6 Å². The Morgan fingerprint density at radius 3 is 2.78 bits per heavy atom. The summed E-state index contributed by atoms with van der Waals surface area (Å²) in [6, 6.07) is 6.77. The summed E-state index contributed by atoms with van der Waals surface area (Å²) >= 11 is 0. The van der Waals surface area contributed by atoms with Crippen molar-refractivity contribution in [3.63, 3.8) is 0 Å². The van der Waals surface area contributed by atoms with Crippen molar-refractivity contribution in [3.05, 3.63) is 35.4 Å². The van der Waals surface area contributed by atoms with Gasteiger partial charge in [-0.15, -0.1) is 0 Å². The van der Waals surface area contributed by atoms with Crippen LogP contribution in [0.2, 0.25) is 0 Å². The summed E-state index contributed by atoms with van der Waals surface area (Å²) in [5, 5.41) is 2.68. The zero-order valence-corrected chi connectivity index (χ0v) is 13.8. The normalized spacial score (nSPS) is 9.74. The van der Waals surface area contributed by atoms with Crippen LogP contribution in [0.15, 0.2) is 24.3 Å². The minimum absolute atomic E-state index is 0.00152. The molecular weight excluding hydrogens is 294 g/mol. The van der Waals surface area contributed by atoms with Crippen LogP contribution in [0, 0.1) is 17.8 Å². The number of amides is 1. The Labute approximate surface area is 137 Å². The molecule has 0 aromatic heterocycles. The molecule has 0 bridgehead atoms.